The van der Waals surface area contributed by atoms with Gasteiger partial charge in [0.25, 0.3) is 5.91 Å². The smallest absolute Gasteiger partial charge is 0.251 e. The molecule has 0 aliphatic carbocycles. The summed E-state index contributed by atoms with van der Waals surface area (Å²) in [7, 11) is 1.61. The summed E-state index contributed by atoms with van der Waals surface area (Å²) in [5.41, 5.74) is 7.67. The minimum absolute atomic E-state index is 0.409. The van der Waals surface area contributed by atoms with Crippen molar-refractivity contribution >= 4 is 39.1 Å². The number of aromatic nitrogens is 1. The maximum atomic E-state index is 11.8. The highest BCUT2D eigenvalue weighted by Gasteiger charge is 2.13. The van der Waals surface area contributed by atoms with Gasteiger partial charge in [0.1, 0.15) is 10.8 Å². The molecule has 0 bridgehead atoms. The number of ether oxygens (including phenoxy) is 1. The number of carbonyl (C=O) groups is 1. The molecule has 4 nitrogen and oxygen atoms in total. The quantitative estimate of drug-likeness (QED) is 0.752. The number of benzene rings is 2. The van der Waals surface area contributed by atoms with Crippen molar-refractivity contribution in [2.45, 2.75) is 0 Å². The summed E-state index contributed by atoms with van der Waals surface area (Å²) < 4.78 is 6.15. The third-order valence-corrected chi connectivity index (χ3v) is 4.29. The van der Waals surface area contributed by atoms with Crippen molar-refractivity contribution in [1.29, 1.82) is 0 Å². The Morgan fingerprint density at radius 1 is 1.18 bits per heavy atom. The van der Waals surface area contributed by atoms with Crippen LogP contribution in [0.1, 0.15) is 10.6 Å². The molecule has 0 aliphatic heterocycles. The molecule has 2 aromatic carbocycles. The van der Waals surface area contributed by atoms with Crippen LogP contribution in [0.15, 0.2) is 48.5 Å². The van der Waals surface area contributed by atoms with E-state index in [1.165, 1.54) is 11.3 Å². The van der Waals surface area contributed by atoms with Gasteiger partial charge in [0.2, 0.25) is 0 Å². The molecular formula is C17H14N2O2S. The molecule has 0 radical (unpaired) electrons. The first-order valence-electron chi connectivity index (χ1n) is 6.69. The molecule has 110 valence electrons. The van der Waals surface area contributed by atoms with E-state index in [1.54, 1.807) is 13.2 Å². The fraction of sp³-hybridized carbons (Fsp3) is 0.0588. The van der Waals surface area contributed by atoms with Crippen LogP contribution in [0, 0.1) is 0 Å². The van der Waals surface area contributed by atoms with Gasteiger partial charge < -0.3 is 10.5 Å². The molecule has 1 heterocycles. The molecule has 1 aromatic heterocycles. The van der Waals surface area contributed by atoms with E-state index in [2.05, 4.69) is 4.98 Å². The van der Waals surface area contributed by atoms with Gasteiger partial charge in [0, 0.05) is 0 Å². The highest BCUT2D eigenvalue weighted by atomic mass is 32.1. The van der Waals surface area contributed by atoms with Crippen LogP contribution < -0.4 is 10.5 Å². The number of carbonyl (C=O) groups excluding carboxylic acids is 1. The van der Waals surface area contributed by atoms with E-state index in [4.69, 9.17) is 10.5 Å². The summed E-state index contributed by atoms with van der Waals surface area (Å²) in [6.45, 7) is 0. The Balaban J connectivity index is 2.04. The Bertz CT molecular complexity index is 817. The molecule has 0 aliphatic rings. The molecule has 0 saturated heterocycles. The van der Waals surface area contributed by atoms with Gasteiger partial charge in [-0.15, -0.1) is 11.3 Å². The summed E-state index contributed by atoms with van der Waals surface area (Å²) in [4.78, 5) is 16.3. The van der Waals surface area contributed by atoms with Gasteiger partial charge in [-0.2, -0.15) is 0 Å². The van der Waals surface area contributed by atoms with Crippen LogP contribution in [0.25, 0.3) is 21.9 Å². The predicted octanol–water partition coefficient (Wildman–Crippen LogP) is 3.33. The van der Waals surface area contributed by atoms with Gasteiger partial charge in [-0.05, 0) is 35.9 Å². The SMILES string of the molecule is COc1ccc(/C=C(/C(N)=O)c2nc3ccccc3s2)cc1. The van der Waals surface area contributed by atoms with Crippen LogP contribution >= 0.6 is 11.3 Å². The van der Waals surface area contributed by atoms with E-state index in [0.717, 1.165) is 21.5 Å². The number of amides is 1. The van der Waals surface area contributed by atoms with E-state index in [1.807, 2.05) is 48.5 Å². The zero-order valence-corrected chi connectivity index (χ0v) is 12.8. The van der Waals surface area contributed by atoms with Gasteiger partial charge >= 0.3 is 0 Å². The van der Waals surface area contributed by atoms with Gasteiger partial charge in [0.15, 0.2) is 0 Å². The van der Waals surface area contributed by atoms with Crippen LogP contribution in [0.5, 0.6) is 5.75 Å². The molecule has 2 N–H and O–H groups in total. The number of hydrogen-bond acceptors (Lipinski definition) is 4. The van der Waals surface area contributed by atoms with Crippen LogP contribution in [0.4, 0.5) is 0 Å². The van der Waals surface area contributed by atoms with Gasteiger partial charge in [-0.3, -0.25) is 4.79 Å². The van der Waals surface area contributed by atoms with Crippen molar-refractivity contribution in [2.24, 2.45) is 5.73 Å². The van der Waals surface area contributed by atoms with Gasteiger partial charge in [-0.25, -0.2) is 4.98 Å². The van der Waals surface area contributed by atoms with E-state index in [0.29, 0.717) is 10.6 Å². The van der Waals surface area contributed by atoms with Crippen molar-refractivity contribution in [3.8, 4) is 5.75 Å². The average molecular weight is 310 g/mol. The normalized spacial score (nSPS) is 11.6. The van der Waals surface area contributed by atoms with Crippen LogP contribution in [0.2, 0.25) is 0 Å². The Kier molecular flexibility index (Phi) is 3.89. The third kappa shape index (κ3) is 2.84. The molecule has 5 heteroatoms. The Hall–Kier alpha value is -2.66. The van der Waals surface area contributed by atoms with Crippen molar-refractivity contribution in [3.05, 3.63) is 59.1 Å². The summed E-state index contributed by atoms with van der Waals surface area (Å²) >= 11 is 1.46. The van der Waals surface area contributed by atoms with Crippen molar-refractivity contribution < 1.29 is 9.53 Å². The Labute approximate surface area is 131 Å². The van der Waals surface area contributed by atoms with Crippen LogP contribution in [-0.2, 0) is 4.79 Å². The minimum atomic E-state index is -0.491. The monoisotopic (exact) mass is 310 g/mol. The van der Waals surface area contributed by atoms with Crippen molar-refractivity contribution in [1.82, 2.24) is 4.98 Å². The van der Waals surface area contributed by atoms with Crippen molar-refractivity contribution in [3.63, 3.8) is 0 Å². The number of methoxy groups -OCH3 is 1. The zero-order chi connectivity index (χ0) is 15.5. The number of nitrogens with zero attached hydrogens (tertiary/aromatic N) is 1. The summed E-state index contributed by atoms with van der Waals surface area (Å²) in [6.07, 6.45) is 1.75. The topological polar surface area (TPSA) is 65.2 Å². The summed E-state index contributed by atoms with van der Waals surface area (Å²) in [6, 6.07) is 15.2. The number of para-hydroxylation sites is 1. The van der Waals surface area contributed by atoms with E-state index >= 15 is 0 Å². The largest absolute Gasteiger partial charge is 0.497 e. The Morgan fingerprint density at radius 3 is 2.55 bits per heavy atom. The number of thiazole rings is 1. The number of nitrogens with two attached hydrogens (primary N) is 1. The maximum Gasteiger partial charge on any atom is 0.251 e. The fourth-order valence-corrected chi connectivity index (χ4v) is 3.08. The molecule has 0 atom stereocenters. The second-order valence-electron chi connectivity index (χ2n) is 4.68. The number of rotatable bonds is 4. The third-order valence-electron chi connectivity index (χ3n) is 3.22. The lowest BCUT2D eigenvalue weighted by atomic mass is 10.1. The van der Waals surface area contributed by atoms with E-state index in [9.17, 15) is 4.79 Å². The minimum Gasteiger partial charge on any atom is -0.497 e. The summed E-state index contributed by atoms with van der Waals surface area (Å²) in [5.74, 6) is 0.271. The highest BCUT2D eigenvalue weighted by Crippen LogP contribution is 2.28. The lowest BCUT2D eigenvalue weighted by molar-refractivity contribution is -0.112. The second-order valence-corrected chi connectivity index (χ2v) is 5.71. The van der Waals surface area contributed by atoms with Crippen LogP contribution in [0.3, 0.4) is 0 Å². The molecule has 1 amide bonds. The molecule has 0 fully saturated rings. The number of primary amides is 1. The first-order valence-corrected chi connectivity index (χ1v) is 7.50. The highest BCUT2D eigenvalue weighted by molar-refractivity contribution is 7.19. The standard InChI is InChI=1S/C17H14N2O2S/c1-21-12-8-6-11(7-9-12)10-13(16(18)20)17-19-14-4-2-3-5-15(14)22-17/h2-10H,1H3,(H2,18,20)/b13-10-. The van der Waals surface area contributed by atoms with Gasteiger partial charge in [-0.1, -0.05) is 24.3 Å². The lowest BCUT2D eigenvalue weighted by Crippen LogP contribution is -2.12. The first-order chi connectivity index (χ1) is 10.7. The lowest BCUT2D eigenvalue weighted by Gasteiger charge is -2.02. The molecule has 0 spiro atoms. The molecular weight excluding hydrogens is 296 g/mol. The average Bonchev–Trinajstić information content (AvgIpc) is 2.96. The molecule has 3 aromatic rings. The Morgan fingerprint density at radius 2 is 1.91 bits per heavy atom. The van der Waals surface area contributed by atoms with E-state index in [-0.39, 0.29) is 0 Å². The fourth-order valence-electron chi connectivity index (χ4n) is 2.09. The number of hydrogen-bond donors (Lipinski definition) is 1. The molecule has 0 unspecified atom stereocenters. The summed E-state index contributed by atoms with van der Waals surface area (Å²) in [5, 5.41) is 0.629. The van der Waals surface area contributed by atoms with Gasteiger partial charge in [0.05, 0.1) is 22.9 Å². The maximum absolute atomic E-state index is 11.8. The number of fused-ring (bicyclic) bond motifs is 1. The predicted molar refractivity (Wildman–Crippen MR) is 89.7 cm³/mol. The molecule has 22 heavy (non-hydrogen) atoms. The van der Waals surface area contributed by atoms with Crippen LogP contribution in [-0.4, -0.2) is 18.0 Å². The van der Waals surface area contributed by atoms with E-state index < -0.39 is 5.91 Å². The van der Waals surface area contributed by atoms with Crippen molar-refractivity contribution in [2.75, 3.05) is 7.11 Å². The zero-order valence-electron chi connectivity index (χ0n) is 11.9. The second kappa shape index (κ2) is 5.99. The molecule has 0 saturated carbocycles. The first kappa shape index (κ1) is 14.3. The molecule has 3 rings (SSSR count).